The molecule has 0 fully saturated rings. The van der Waals surface area contributed by atoms with E-state index in [1.807, 2.05) is 0 Å². The van der Waals surface area contributed by atoms with Crippen molar-refractivity contribution in [3.63, 3.8) is 0 Å². The molecular formula is C13H18FNO3. The third-order valence-corrected chi connectivity index (χ3v) is 2.12. The summed E-state index contributed by atoms with van der Waals surface area (Å²) < 4.78 is 23.4. The number of rotatable bonds is 2. The number of hydrogen-bond acceptors (Lipinski definition) is 3. The van der Waals surface area contributed by atoms with Gasteiger partial charge in [0.05, 0.1) is 12.8 Å². The van der Waals surface area contributed by atoms with E-state index < -0.39 is 11.7 Å². The fourth-order valence-corrected chi connectivity index (χ4v) is 1.34. The minimum Gasteiger partial charge on any atom is -0.494 e. The molecule has 100 valence electrons. The summed E-state index contributed by atoms with van der Waals surface area (Å²) in [6.07, 6.45) is -0.605. The summed E-state index contributed by atoms with van der Waals surface area (Å²) in [5.41, 5.74) is 0.208. The van der Waals surface area contributed by atoms with Gasteiger partial charge in [-0.05, 0) is 39.3 Å². The molecule has 0 aliphatic heterocycles. The molecule has 0 aliphatic carbocycles. The van der Waals surface area contributed by atoms with Crippen LogP contribution in [0, 0.1) is 12.7 Å². The fraction of sp³-hybridized carbons (Fsp3) is 0.462. The molecule has 18 heavy (non-hydrogen) atoms. The van der Waals surface area contributed by atoms with Crippen LogP contribution in [0.4, 0.5) is 14.9 Å². The van der Waals surface area contributed by atoms with Crippen LogP contribution < -0.4 is 10.1 Å². The number of carbonyl (C=O) groups excluding carboxylic acids is 1. The topological polar surface area (TPSA) is 47.6 Å². The molecule has 0 saturated heterocycles. The van der Waals surface area contributed by atoms with Gasteiger partial charge in [0.15, 0.2) is 0 Å². The van der Waals surface area contributed by atoms with Crippen LogP contribution in [-0.2, 0) is 4.74 Å². The second-order valence-corrected chi connectivity index (χ2v) is 4.93. The van der Waals surface area contributed by atoms with E-state index in [4.69, 9.17) is 9.47 Å². The summed E-state index contributed by atoms with van der Waals surface area (Å²) in [5, 5.41) is 2.53. The minimum atomic E-state index is -0.605. The molecule has 1 N–H and O–H groups in total. The van der Waals surface area contributed by atoms with Gasteiger partial charge in [-0.3, -0.25) is 5.32 Å². The lowest BCUT2D eigenvalue weighted by Crippen LogP contribution is -2.27. The monoisotopic (exact) mass is 255 g/mol. The van der Waals surface area contributed by atoms with E-state index in [9.17, 15) is 9.18 Å². The highest BCUT2D eigenvalue weighted by atomic mass is 19.1. The predicted molar refractivity (Wildman–Crippen MR) is 67.5 cm³/mol. The summed E-state index contributed by atoms with van der Waals surface area (Å²) in [7, 11) is 1.41. The average molecular weight is 255 g/mol. The van der Waals surface area contributed by atoms with Gasteiger partial charge in [0.25, 0.3) is 0 Å². The predicted octanol–water partition coefficient (Wildman–Crippen LogP) is 3.49. The third-order valence-electron chi connectivity index (χ3n) is 2.12. The number of amides is 1. The van der Waals surface area contributed by atoms with Crippen molar-refractivity contribution in [2.75, 3.05) is 12.4 Å². The van der Waals surface area contributed by atoms with Crippen molar-refractivity contribution in [2.45, 2.75) is 33.3 Å². The summed E-state index contributed by atoms with van der Waals surface area (Å²) >= 11 is 0. The number of ether oxygens (including phenoxy) is 2. The van der Waals surface area contributed by atoms with E-state index in [-0.39, 0.29) is 11.6 Å². The zero-order chi connectivity index (χ0) is 13.9. The lowest BCUT2D eigenvalue weighted by Gasteiger charge is -2.20. The third kappa shape index (κ3) is 3.91. The molecule has 0 heterocycles. The van der Waals surface area contributed by atoms with Crippen molar-refractivity contribution in [3.05, 3.63) is 23.5 Å². The van der Waals surface area contributed by atoms with Crippen LogP contribution in [0.15, 0.2) is 12.1 Å². The van der Waals surface area contributed by atoms with E-state index >= 15 is 0 Å². The molecule has 0 aromatic heterocycles. The van der Waals surface area contributed by atoms with Crippen molar-refractivity contribution in [2.24, 2.45) is 0 Å². The number of nitrogens with one attached hydrogen (secondary N) is 1. The number of methoxy groups -OCH3 is 1. The van der Waals surface area contributed by atoms with Gasteiger partial charge in [-0.1, -0.05) is 0 Å². The SMILES string of the molecule is COc1cc(F)c(C)cc1NC(=O)OC(C)(C)C. The van der Waals surface area contributed by atoms with Crippen LogP contribution in [0.25, 0.3) is 0 Å². The number of hydrogen-bond donors (Lipinski definition) is 1. The Morgan fingerprint density at radius 1 is 1.33 bits per heavy atom. The van der Waals surface area contributed by atoms with Gasteiger partial charge < -0.3 is 9.47 Å². The van der Waals surface area contributed by atoms with Crippen molar-refractivity contribution >= 4 is 11.8 Å². The Hall–Kier alpha value is -1.78. The summed E-state index contributed by atoms with van der Waals surface area (Å²) in [6.45, 7) is 6.90. The number of halogens is 1. The van der Waals surface area contributed by atoms with Crippen molar-refractivity contribution in [3.8, 4) is 5.75 Å². The highest BCUT2D eigenvalue weighted by Crippen LogP contribution is 2.28. The summed E-state index contributed by atoms with van der Waals surface area (Å²) in [5.74, 6) is -0.134. The Labute approximate surface area is 106 Å². The lowest BCUT2D eigenvalue weighted by molar-refractivity contribution is 0.0635. The van der Waals surface area contributed by atoms with Gasteiger partial charge in [-0.15, -0.1) is 0 Å². The number of aryl methyl sites for hydroxylation is 1. The fourth-order valence-electron chi connectivity index (χ4n) is 1.34. The maximum atomic E-state index is 13.3. The van der Waals surface area contributed by atoms with Crippen LogP contribution in [0.1, 0.15) is 26.3 Å². The smallest absolute Gasteiger partial charge is 0.412 e. The molecule has 0 spiro atoms. The van der Waals surface area contributed by atoms with Crippen molar-refractivity contribution in [1.82, 2.24) is 0 Å². The van der Waals surface area contributed by atoms with Crippen LogP contribution in [0.5, 0.6) is 5.75 Å². The quantitative estimate of drug-likeness (QED) is 0.880. The Bertz CT molecular complexity index is 452. The van der Waals surface area contributed by atoms with E-state index in [1.54, 1.807) is 27.7 Å². The van der Waals surface area contributed by atoms with Crippen molar-refractivity contribution in [1.29, 1.82) is 0 Å². The standard InChI is InChI=1S/C13H18FNO3/c1-8-6-10(11(17-5)7-9(8)14)15-12(16)18-13(2,3)4/h6-7H,1-5H3,(H,15,16). The van der Waals surface area contributed by atoms with Gasteiger partial charge in [-0.2, -0.15) is 0 Å². The first kappa shape index (κ1) is 14.3. The minimum absolute atomic E-state index is 0.254. The Kier molecular flexibility index (Phi) is 4.16. The van der Waals surface area contributed by atoms with Crippen LogP contribution in [-0.4, -0.2) is 18.8 Å². The summed E-state index contributed by atoms with van der Waals surface area (Å²) in [4.78, 5) is 11.6. The van der Waals surface area contributed by atoms with E-state index in [0.717, 1.165) is 0 Å². The molecule has 5 heteroatoms. The van der Waals surface area contributed by atoms with E-state index in [0.29, 0.717) is 11.3 Å². The zero-order valence-electron chi connectivity index (χ0n) is 11.3. The van der Waals surface area contributed by atoms with Crippen molar-refractivity contribution < 1.29 is 18.7 Å². The molecule has 0 radical (unpaired) electrons. The average Bonchev–Trinajstić information content (AvgIpc) is 2.20. The molecule has 1 aromatic carbocycles. The molecule has 1 rings (SSSR count). The molecule has 1 amide bonds. The second-order valence-electron chi connectivity index (χ2n) is 4.93. The normalized spacial score (nSPS) is 11.0. The lowest BCUT2D eigenvalue weighted by atomic mass is 10.2. The number of benzene rings is 1. The first-order valence-corrected chi connectivity index (χ1v) is 5.57. The maximum Gasteiger partial charge on any atom is 0.412 e. The van der Waals surface area contributed by atoms with Gasteiger partial charge in [0, 0.05) is 6.07 Å². The highest BCUT2D eigenvalue weighted by molar-refractivity contribution is 5.87. The molecule has 0 bridgehead atoms. The molecule has 0 atom stereocenters. The zero-order valence-corrected chi connectivity index (χ0v) is 11.3. The number of carbonyl (C=O) groups is 1. The second kappa shape index (κ2) is 5.25. The van der Waals surface area contributed by atoms with E-state index in [1.165, 1.54) is 19.2 Å². The molecule has 0 aliphatic rings. The van der Waals surface area contributed by atoms with Gasteiger partial charge in [0.2, 0.25) is 0 Å². The van der Waals surface area contributed by atoms with Crippen LogP contribution >= 0.6 is 0 Å². The Morgan fingerprint density at radius 2 is 1.94 bits per heavy atom. The molecule has 4 nitrogen and oxygen atoms in total. The van der Waals surface area contributed by atoms with Crippen LogP contribution in [0.2, 0.25) is 0 Å². The first-order valence-electron chi connectivity index (χ1n) is 5.57. The van der Waals surface area contributed by atoms with E-state index in [2.05, 4.69) is 5.32 Å². The molecular weight excluding hydrogens is 237 g/mol. The first-order chi connectivity index (χ1) is 8.23. The summed E-state index contributed by atoms with van der Waals surface area (Å²) in [6, 6.07) is 2.72. The Balaban J connectivity index is 2.90. The highest BCUT2D eigenvalue weighted by Gasteiger charge is 2.18. The molecule has 0 unspecified atom stereocenters. The largest absolute Gasteiger partial charge is 0.494 e. The Morgan fingerprint density at radius 3 is 2.44 bits per heavy atom. The van der Waals surface area contributed by atoms with Crippen LogP contribution in [0.3, 0.4) is 0 Å². The molecule has 0 saturated carbocycles. The molecule has 1 aromatic rings. The van der Waals surface area contributed by atoms with Gasteiger partial charge >= 0.3 is 6.09 Å². The maximum absolute atomic E-state index is 13.3. The van der Waals surface area contributed by atoms with Gasteiger partial charge in [-0.25, -0.2) is 9.18 Å². The number of anilines is 1. The van der Waals surface area contributed by atoms with Gasteiger partial charge in [0.1, 0.15) is 17.2 Å².